The van der Waals surface area contributed by atoms with Crippen molar-refractivity contribution in [1.82, 2.24) is 0 Å². The van der Waals surface area contributed by atoms with Crippen LogP contribution in [0.15, 0.2) is 0 Å². The fraction of sp³-hybridized carbons (Fsp3) is 0.500. The van der Waals surface area contributed by atoms with Crippen molar-refractivity contribution in [2.75, 3.05) is 0 Å². The summed E-state index contributed by atoms with van der Waals surface area (Å²) in [5.74, 6) is 0. The molecule has 0 amide bonds. The predicted molar refractivity (Wildman–Crippen MR) is 16.5 cm³/mol. The monoisotopic (exact) mass is 180 g/mol. The second-order valence-electron chi connectivity index (χ2n) is 0.470. The van der Waals surface area contributed by atoms with Crippen LogP contribution in [0, 0.1) is 0 Å². The van der Waals surface area contributed by atoms with E-state index in [1.165, 1.54) is 6.92 Å². The number of carbonyl (C=O) groups excluding carboxylic acids is 1. The standard InChI is InChI=1S/C2H3ClO.Ru/c1-2(3)4;/h1H3;. The van der Waals surface area contributed by atoms with Crippen molar-refractivity contribution in [3.63, 3.8) is 0 Å². The molecule has 0 unspecified atom stereocenters. The van der Waals surface area contributed by atoms with Crippen molar-refractivity contribution in [1.29, 1.82) is 0 Å². The van der Waals surface area contributed by atoms with E-state index in [1.54, 1.807) is 0 Å². The molecule has 0 heterocycles. The molecule has 1 nitrogen and oxygen atoms in total. The van der Waals surface area contributed by atoms with Crippen LogP contribution in [-0.2, 0) is 24.3 Å². The quantitative estimate of drug-likeness (QED) is 0.397. The van der Waals surface area contributed by atoms with Crippen LogP contribution in [0.5, 0.6) is 0 Å². The number of halogens is 1. The van der Waals surface area contributed by atoms with Gasteiger partial charge < -0.3 is 0 Å². The third-order valence-corrected chi connectivity index (χ3v) is 0. The van der Waals surface area contributed by atoms with Gasteiger partial charge >= 0.3 is 0 Å². The Balaban J connectivity index is 0. The van der Waals surface area contributed by atoms with Crippen LogP contribution in [0.3, 0.4) is 0 Å². The molecular weight excluding hydrogens is 177 g/mol. The second kappa shape index (κ2) is 4.58. The fourth-order valence-corrected chi connectivity index (χ4v) is 0. The summed E-state index contributed by atoms with van der Waals surface area (Å²) in [6.07, 6.45) is 0. The smallest absolute Gasteiger partial charge is 0.218 e. The molecule has 0 aromatic heterocycles. The van der Waals surface area contributed by atoms with Crippen molar-refractivity contribution < 1.29 is 24.3 Å². The summed E-state index contributed by atoms with van der Waals surface area (Å²) in [4.78, 5) is 9.21. The van der Waals surface area contributed by atoms with Crippen LogP contribution in [0.25, 0.3) is 0 Å². The van der Waals surface area contributed by atoms with E-state index in [2.05, 4.69) is 11.6 Å². The average molecular weight is 180 g/mol. The van der Waals surface area contributed by atoms with E-state index < -0.39 is 0 Å². The van der Waals surface area contributed by atoms with Gasteiger partial charge in [0.15, 0.2) is 0 Å². The van der Waals surface area contributed by atoms with Gasteiger partial charge in [-0.2, -0.15) is 0 Å². The third kappa shape index (κ3) is 89.9. The molecule has 0 bridgehead atoms. The molecule has 0 spiro atoms. The molecule has 0 saturated heterocycles. The Hall–Kier alpha value is 0.583. The number of hydrogen-bond acceptors (Lipinski definition) is 1. The van der Waals surface area contributed by atoms with E-state index in [0.717, 1.165) is 0 Å². The minimum absolute atomic E-state index is 0. The van der Waals surface area contributed by atoms with E-state index in [-0.39, 0.29) is 24.7 Å². The van der Waals surface area contributed by atoms with Crippen molar-refractivity contribution in [2.45, 2.75) is 6.92 Å². The maximum Gasteiger partial charge on any atom is 0.218 e. The molecule has 3 heteroatoms. The predicted octanol–water partition coefficient (Wildman–Crippen LogP) is 0.769. The molecule has 0 N–H and O–H groups in total. The van der Waals surface area contributed by atoms with Gasteiger partial charge in [-0.1, -0.05) is 0 Å². The maximum absolute atomic E-state index is 9.21. The first kappa shape index (κ1) is 9.13. The number of carbonyl (C=O) groups is 1. The molecule has 0 radical (unpaired) electrons. The molecule has 32 valence electrons. The zero-order valence-corrected chi connectivity index (χ0v) is 5.13. The van der Waals surface area contributed by atoms with Gasteiger partial charge in [-0.15, -0.1) is 0 Å². The second-order valence-corrected chi connectivity index (χ2v) is 1.00. The average Bonchev–Trinajstić information content (AvgIpc) is 0.811. The molecule has 0 aromatic rings. The van der Waals surface area contributed by atoms with E-state index in [0.29, 0.717) is 0 Å². The van der Waals surface area contributed by atoms with Gasteiger partial charge in [0, 0.05) is 26.4 Å². The van der Waals surface area contributed by atoms with Crippen molar-refractivity contribution in [3.05, 3.63) is 0 Å². The molecule has 0 saturated carbocycles. The summed E-state index contributed by atoms with van der Waals surface area (Å²) >= 11 is 4.64. The summed E-state index contributed by atoms with van der Waals surface area (Å²) in [6.45, 7) is 1.29. The van der Waals surface area contributed by atoms with Crippen LogP contribution in [0.2, 0.25) is 0 Å². The Morgan fingerprint density at radius 1 is 1.80 bits per heavy atom. The topological polar surface area (TPSA) is 17.1 Å². The summed E-state index contributed by atoms with van der Waals surface area (Å²) in [5, 5.41) is -0.361. The van der Waals surface area contributed by atoms with Crippen LogP contribution < -0.4 is 0 Å². The Labute approximate surface area is 48.5 Å². The summed E-state index contributed by atoms with van der Waals surface area (Å²) in [5.41, 5.74) is 0. The SMILES string of the molecule is CC(=O)Cl.[Ru]. The van der Waals surface area contributed by atoms with Gasteiger partial charge in [0.1, 0.15) is 0 Å². The van der Waals surface area contributed by atoms with Gasteiger partial charge in [0.2, 0.25) is 5.24 Å². The molecule has 0 aliphatic rings. The Bertz CT molecular complexity index is 32.6. The van der Waals surface area contributed by atoms with Crippen LogP contribution in [-0.4, -0.2) is 5.24 Å². The van der Waals surface area contributed by atoms with Gasteiger partial charge in [-0.25, -0.2) is 0 Å². The van der Waals surface area contributed by atoms with Crippen LogP contribution in [0.4, 0.5) is 0 Å². The van der Waals surface area contributed by atoms with E-state index >= 15 is 0 Å². The Kier molecular flexibility index (Phi) is 8.37. The molecule has 0 aromatic carbocycles. The van der Waals surface area contributed by atoms with E-state index in [9.17, 15) is 4.79 Å². The Morgan fingerprint density at radius 2 is 1.80 bits per heavy atom. The Morgan fingerprint density at radius 3 is 1.80 bits per heavy atom. The maximum atomic E-state index is 9.21. The summed E-state index contributed by atoms with van der Waals surface area (Å²) in [7, 11) is 0. The van der Waals surface area contributed by atoms with E-state index in [1.807, 2.05) is 0 Å². The largest absolute Gasteiger partial charge is 0.282 e. The molecule has 0 aliphatic carbocycles. The van der Waals surface area contributed by atoms with Crippen molar-refractivity contribution >= 4 is 16.8 Å². The van der Waals surface area contributed by atoms with Crippen LogP contribution in [0.1, 0.15) is 6.92 Å². The first-order valence-electron chi connectivity index (χ1n) is 0.893. The minimum Gasteiger partial charge on any atom is -0.282 e. The van der Waals surface area contributed by atoms with Crippen molar-refractivity contribution in [3.8, 4) is 0 Å². The van der Waals surface area contributed by atoms with Gasteiger partial charge in [0.05, 0.1) is 0 Å². The normalized spacial score (nSPS) is 5.20. The first-order valence-corrected chi connectivity index (χ1v) is 1.27. The van der Waals surface area contributed by atoms with Gasteiger partial charge in [-0.3, -0.25) is 4.79 Å². The fourth-order valence-electron chi connectivity index (χ4n) is 0. The summed E-state index contributed by atoms with van der Waals surface area (Å²) < 4.78 is 0. The minimum atomic E-state index is -0.361. The van der Waals surface area contributed by atoms with Crippen LogP contribution >= 0.6 is 11.6 Å². The first-order chi connectivity index (χ1) is 1.73. The van der Waals surface area contributed by atoms with Gasteiger partial charge in [-0.05, 0) is 11.6 Å². The van der Waals surface area contributed by atoms with Crippen molar-refractivity contribution in [2.24, 2.45) is 0 Å². The number of hydrogen-bond donors (Lipinski definition) is 0. The molecule has 0 rings (SSSR count). The third-order valence-electron chi connectivity index (χ3n) is 0. The summed E-state index contributed by atoms with van der Waals surface area (Å²) in [6, 6.07) is 0. The molecule has 0 atom stereocenters. The molecule has 0 aliphatic heterocycles. The number of rotatable bonds is 0. The molecule has 0 fully saturated rings. The molecule has 5 heavy (non-hydrogen) atoms. The molecular formula is C2H3ClORu. The zero-order chi connectivity index (χ0) is 3.58. The van der Waals surface area contributed by atoms with Gasteiger partial charge in [0.25, 0.3) is 0 Å². The van der Waals surface area contributed by atoms with E-state index in [4.69, 9.17) is 0 Å². The zero-order valence-electron chi connectivity index (χ0n) is 2.64.